The summed E-state index contributed by atoms with van der Waals surface area (Å²) in [6, 6.07) is 8.44. The highest BCUT2D eigenvalue weighted by Gasteiger charge is 2.24. The predicted octanol–water partition coefficient (Wildman–Crippen LogP) is 3.52. The molecule has 0 radical (unpaired) electrons. The van der Waals surface area contributed by atoms with Crippen molar-refractivity contribution < 1.29 is 9.90 Å². The van der Waals surface area contributed by atoms with Crippen LogP contribution in [0.2, 0.25) is 0 Å². The van der Waals surface area contributed by atoms with E-state index in [0.29, 0.717) is 12.6 Å². The lowest BCUT2D eigenvalue weighted by molar-refractivity contribution is 0.0621. The maximum absolute atomic E-state index is 12.8. The van der Waals surface area contributed by atoms with E-state index in [-0.39, 0.29) is 18.4 Å². The molecule has 132 valence electrons. The number of aliphatic hydroxyl groups is 1. The van der Waals surface area contributed by atoms with E-state index in [2.05, 4.69) is 18.3 Å². The quantitative estimate of drug-likeness (QED) is 0.888. The standard InChI is InChI=1S/C20H30N2O2/c1-15-7-9-18(10-8-15)21-19-6-2-5-17(12-19)20(24)22-11-3-4-16(13-22)14-23/h2,5-6,12,15-16,18,21,23H,3-4,7-11,13-14H2,1H3. The highest BCUT2D eigenvalue weighted by molar-refractivity contribution is 5.95. The lowest BCUT2D eigenvalue weighted by Gasteiger charge is -2.32. The number of hydrogen-bond acceptors (Lipinski definition) is 3. The maximum Gasteiger partial charge on any atom is 0.253 e. The fourth-order valence-corrected chi connectivity index (χ4v) is 3.96. The zero-order chi connectivity index (χ0) is 16.9. The molecule has 4 nitrogen and oxygen atoms in total. The van der Waals surface area contributed by atoms with Crippen molar-refractivity contribution in [2.45, 2.75) is 51.5 Å². The van der Waals surface area contributed by atoms with E-state index in [0.717, 1.165) is 36.6 Å². The van der Waals surface area contributed by atoms with Crippen molar-refractivity contribution in [1.82, 2.24) is 4.90 Å². The second kappa shape index (κ2) is 8.02. The summed E-state index contributed by atoms with van der Waals surface area (Å²) >= 11 is 0. The van der Waals surface area contributed by atoms with Gasteiger partial charge in [-0.15, -0.1) is 0 Å². The monoisotopic (exact) mass is 330 g/mol. The first-order valence-electron chi connectivity index (χ1n) is 9.42. The van der Waals surface area contributed by atoms with Crippen LogP contribution in [0.1, 0.15) is 55.8 Å². The molecule has 1 unspecified atom stereocenters. The molecule has 0 bridgehead atoms. The van der Waals surface area contributed by atoms with Crippen molar-refractivity contribution in [2.24, 2.45) is 11.8 Å². The van der Waals surface area contributed by atoms with E-state index in [1.165, 1.54) is 25.7 Å². The van der Waals surface area contributed by atoms with Gasteiger partial charge in [-0.1, -0.05) is 13.0 Å². The molecule has 1 saturated heterocycles. The third kappa shape index (κ3) is 4.29. The molecule has 0 aromatic heterocycles. The van der Waals surface area contributed by atoms with Gasteiger partial charge >= 0.3 is 0 Å². The van der Waals surface area contributed by atoms with Gasteiger partial charge in [-0.3, -0.25) is 4.79 Å². The molecular formula is C20H30N2O2. The van der Waals surface area contributed by atoms with Crippen molar-refractivity contribution in [3.63, 3.8) is 0 Å². The third-order valence-corrected chi connectivity index (χ3v) is 5.56. The topological polar surface area (TPSA) is 52.6 Å². The van der Waals surface area contributed by atoms with E-state index in [1.807, 2.05) is 23.1 Å². The Labute approximate surface area is 145 Å². The summed E-state index contributed by atoms with van der Waals surface area (Å²) in [5.74, 6) is 1.16. The third-order valence-electron chi connectivity index (χ3n) is 5.56. The summed E-state index contributed by atoms with van der Waals surface area (Å²) in [5, 5.41) is 13.0. The van der Waals surface area contributed by atoms with Crippen molar-refractivity contribution in [2.75, 3.05) is 25.0 Å². The lowest BCUT2D eigenvalue weighted by Crippen LogP contribution is -2.40. The Kier molecular flexibility index (Phi) is 5.77. The van der Waals surface area contributed by atoms with Gasteiger partial charge in [0.25, 0.3) is 5.91 Å². The SMILES string of the molecule is CC1CCC(Nc2cccc(C(=O)N3CCCC(CO)C3)c2)CC1. The Balaban J connectivity index is 1.63. The fourth-order valence-electron chi connectivity index (χ4n) is 3.96. The van der Waals surface area contributed by atoms with Crippen LogP contribution in [0.25, 0.3) is 0 Å². The van der Waals surface area contributed by atoms with Crippen LogP contribution in [0.4, 0.5) is 5.69 Å². The number of hydrogen-bond donors (Lipinski definition) is 2. The zero-order valence-electron chi connectivity index (χ0n) is 14.7. The van der Waals surface area contributed by atoms with Gasteiger partial charge < -0.3 is 15.3 Å². The summed E-state index contributed by atoms with van der Waals surface area (Å²) in [7, 11) is 0. The Morgan fingerprint density at radius 3 is 2.79 bits per heavy atom. The molecule has 1 aliphatic heterocycles. The number of aliphatic hydroxyl groups excluding tert-OH is 1. The van der Waals surface area contributed by atoms with Gasteiger partial charge in [-0.2, -0.15) is 0 Å². The molecule has 1 amide bonds. The van der Waals surface area contributed by atoms with Crippen LogP contribution in [0, 0.1) is 11.8 Å². The molecule has 2 fully saturated rings. The van der Waals surface area contributed by atoms with Gasteiger partial charge in [-0.05, 0) is 68.6 Å². The number of nitrogens with zero attached hydrogens (tertiary/aromatic N) is 1. The van der Waals surface area contributed by atoms with Crippen molar-refractivity contribution in [1.29, 1.82) is 0 Å². The Morgan fingerprint density at radius 1 is 1.25 bits per heavy atom. The first kappa shape index (κ1) is 17.3. The molecule has 1 saturated carbocycles. The minimum atomic E-state index is 0.0917. The summed E-state index contributed by atoms with van der Waals surface area (Å²) in [4.78, 5) is 14.7. The Morgan fingerprint density at radius 2 is 2.04 bits per heavy atom. The van der Waals surface area contributed by atoms with Gasteiger partial charge in [0.2, 0.25) is 0 Å². The highest BCUT2D eigenvalue weighted by atomic mass is 16.3. The number of benzene rings is 1. The van der Waals surface area contributed by atoms with Crippen LogP contribution in [-0.2, 0) is 0 Å². The molecule has 1 heterocycles. The van der Waals surface area contributed by atoms with E-state index >= 15 is 0 Å². The fraction of sp³-hybridized carbons (Fsp3) is 0.650. The van der Waals surface area contributed by atoms with E-state index < -0.39 is 0 Å². The molecule has 1 aromatic carbocycles. The van der Waals surface area contributed by atoms with E-state index in [4.69, 9.17) is 0 Å². The van der Waals surface area contributed by atoms with Gasteiger partial charge in [0, 0.05) is 37.0 Å². The van der Waals surface area contributed by atoms with Crippen LogP contribution in [0.5, 0.6) is 0 Å². The number of likely N-dealkylation sites (tertiary alicyclic amines) is 1. The first-order chi connectivity index (χ1) is 11.7. The van der Waals surface area contributed by atoms with Crippen LogP contribution >= 0.6 is 0 Å². The van der Waals surface area contributed by atoms with Crippen LogP contribution in [-0.4, -0.2) is 41.7 Å². The lowest BCUT2D eigenvalue weighted by atomic mass is 9.87. The van der Waals surface area contributed by atoms with Crippen molar-refractivity contribution >= 4 is 11.6 Å². The number of piperidine rings is 1. The second-order valence-electron chi connectivity index (χ2n) is 7.62. The molecule has 24 heavy (non-hydrogen) atoms. The highest BCUT2D eigenvalue weighted by Crippen LogP contribution is 2.26. The van der Waals surface area contributed by atoms with Gasteiger partial charge in [0.1, 0.15) is 0 Å². The molecule has 3 rings (SSSR count). The number of amides is 1. The van der Waals surface area contributed by atoms with Gasteiger partial charge in [0.05, 0.1) is 0 Å². The summed E-state index contributed by atoms with van der Waals surface area (Å²) in [6.45, 7) is 3.97. The largest absolute Gasteiger partial charge is 0.396 e. The molecule has 0 spiro atoms. The number of carbonyl (C=O) groups is 1. The van der Waals surface area contributed by atoms with E-state index in [1.54, 1.807) is 0 Å². The maximum atomic E-state index is 12.8. The summed E-state index contributed by atoms with van der Waals surface area (Å²) in [5.41, 5.74) is 1.80. The smallest absolute Gasteiger partial charge is 0.253 e. The van der Waals surface area contributed by atoms with Crippen molar-refractivity contribution in [3.8, 4) is 0 Å². The Bertz CT molecular complexity index is 552. The number of rotatable bonds is 4. The normalized spacial score (nSPS) is 27.8. The molecular weight excluding hydrogens is 300 g/mol. The zero-order valence-corrected chi connectivity index (χ0v) is 14.7. The molecule has 1 aromatic rings. The average molecular weight is 330 g/mol. The molecule has 4 heteroatoms. The van der Waals surface area contributed by atoms with Gasteiger partial charge in [0.15, 0.2) is 0 Å². The average Bonchev–Trinajstić information content (AvgIpc) is 2.63. The summed E-state index contributed by atoms with van der Waals surface area (Å²) < 4.78 is 0. The first-order valence-corrected chi connectivity index (χ1v) is 9.42. The summed E-state index contributed by atoms with van der Waals surface area (Å²) in [6.07, 6.45) is 6.99. The number of nitrogens with one attached hydrogen (secondary N) is 1. The minimum absolute atomic E-state index is 0.0917. The van der Waals surface area contributed by atoms with Crippen LogP contribution < -0.4 is 5.32 Å². The molecule has 1 aliphatic carbocycles. The van der Waals surface area contributed by atoms with Gasteiger partial charge in [-0.25, -0.2) is 0 Å². The molecule has 1 atom stereocenters. The molecule has 2 aliphatic rings. The number of anilines is 1. The second-order valence-corrected chi connectivity index (χ2v) is 7.62. The predicted molar refractivity (Wildman–Crippen MR) is 97.2 cm³/mol. The molecule has 2 N–H and O–H groups in total. The van der Waals surface area contributed by atoms with Crippen molar-refractivity contribution in [3.05, 3.63) is 29.8 Å². The minimum Gasteiger partial charge on any atom is -0.396 e. The van der Waals surface area contributed by atoms with Crippen LogP contribution in [0.3, 0.4) is 0 Å². The number of carbonyl (C=O) groups excluding carboxylic acids is 1. The van der Waals surface area contributed by atoms with E-state index in [9.17, 15) is 9.90 Å². The Hall–Kier alpha value is -1.55. The van der Waals surface area contributed by atoms with Crippen LogP contribution in [0.15, 0.2) is 24.3 Å².